The third-order valence-corrected chi connectivity index (χ3v) is 2.41. The maximum atomic E-state index is 5.59. The van der Waals surface area contributed by atoms with Crippen molar-refractivity contribution in [3.05, 3.63) is 29.8 Å². The average molecular weight is 210 g/mol. The van der Waals surface area contributed by atoms with Gasteiger partial charge in [-0.1, -0.05) is 26.0 Å². The zero-order chi connectivity index (χ0) is 10.4. The Balaban J connectivity index is 2.55. The highest BCUT2D eigenvalue weighted by Crippen LogP contribution is 2.20. The van der Waals surface area contributed by atoms with Gasteiger partial charge in [0.15, 0.2) is 0 Å². The molecule has 0 unspecified atom stereocenters. The summed E-state index contributed by atoms with van der Waals surface area (Å²) in [6.07, 6.45) is 0.995. The summed E-state index contributed by atoms with van der Waals surface area (Å²) >= 11 is 4.14. The van der Waals surface area contributed by atoms with E-state index in [1.165, 1.54) is 5.56 Å². The Bertz CT molecular complexity index is 271. The van der Waals surface area contributed by atoms with Gasteiger partial charge in [-0.15, -0.1) is 0 Å². The fourth-order valence-electron chi connectivity index (χ4n) is 1.22. The predicted octanol–water partition coefficient (Wildman–Crippen LogP) is 3.51. The number of rotatable bonds is 5. The molecular weight excluding hydrogens is 192 g/mol. The summed E-state index contributed by atoms with van der Waals surface area (Å²) < 4.78 is 5.59. The van der Waals surface area contributed by atoms with Gasteiger partial charge in [0.25, 0.3) is 0 Å². The summed E-state index contributed by atoms with van der Waals surface area (Å²) in [7, 11) is 0. The van der Waals surface area contributed by atoms with Crippen molar-refractivity contribution < 1.29 is 4.74 Å². The molecule has 0 saturated carbocycles. The average Bonchev–Trinajstić information content (AvgIpc) is 2.19. The summed E-state index contributed by atoms with van der Waals surface area (Å²) in [5.41, 5.74) is 1.33. The van der Waals surface area contributed by atoms with Gasteiger partial charge in [-0.2, -0.15) is 12.6 Å². The van der Waals surface area contributed by atoms with Crippen LogP contribution in [0.2, 0.25) is 0 Å². The highest BCUT2D eigenvalue weighted by Gasteiger charge is 2.00. The van der Waals surface area contributed by atoms with Crippen LogP contribution in [0, 0.1) is 0 Å². The molecule has 0 N–H and O–H groups in total. The largest absolute Gasteiger partial charge is 0.494 e. The molecule has 1 aromatic carbocycles. The van der Waals surface area contributed by atoms with Crippen LogP contribution in [-0.4, -0.2) is 12.4 Å². The molecule has 0 aliphatic heterocycles. The first-order valence-corrected chi connectivity index (χ1v) is 5.71. The summed E-state index contributed by atoms with van der Waals surface area (Å²) in [5.74, 6) is 2.41. The first-order chi connectivity index (χ1) is 6.74. The molecule has 0 aromatic heterocycles. The molecule has 0 fully saturated rings. The third kappa shape index (κ3) is 3.62. The van der Waals surface area contributed by atoms with E-state index in [-0.39, 0.29) is 0 Å². The zero-order valence-corrected chi connectivity index (χ0v) is 9.76. The van der Waals surface area contributed by atoms with Crippen LogP contribution in [0.15, 0.2) is 24.3 Å². The SMILES string of the molecule is CC(C)c1cccc(OCCCS)c1. The molecule has 0 amide bonds. The van der Waals surface area contributed by atoms with Gasteiger partial charge in [-0.3, -0.25) is 0 Å². The first kappa shape index (κ1) is 11.4. The van der Waals surface area contributed by atoms with Crippen LogP contribution < -0.4 is 4.74 Å². The second kappa shape index (κ2) is 5.97. The minimum atomic E-state index is 0.559. The van der Waals surface area contributed by atoms with Crippen molar-refractivity contribution in [3.63, 3.8) is 0 Å². The molecule has 0 atom stereocenters. The zero-order valence-electron chi connectivity index (χ0n) is 8.86. The molecule has 2 heteroatoms. The molecule has 1 rings (SSSR count). The van der Waals surface area contributed by atoms with E-state index in [1.54, 1.807) is 0 Å². The molecule has 14 heavy (non-hydrogen) atoms. The normalized spacial score (nSPS) is 10.6. The minimum absolute atomic E-state index is 0.559. The Hall–Kier alpha value is -0.630. The van der Waals surface area contributed by atoms with Gasteiger partial charge in [-0.25, -0.2) is 0 Å². The number of thiol groups is 1. The van der Waals surface area contributed by atoms with Crippen molar-refractivity contribution in [2.45, 2.75) is 26.2 Å². The summed E-state index contributed by atoms with van der Waals surface area (Å²) in [6, 6.07) is 8.30. The lowest BCUT2D eigenvalue weighted by Gasteiger charge is -2.09. The van der Waals surface area contributed by atoms with E-state index in [4.69, 9.17) is 4.74 Å². The molecule has 0 radical (unpaired) electrons. The van der Waals surface area contributed by atoms with Crippen LogP contribution in [0.4, 0.5) is 0 Å². The topological polar surface area (TPSA) is 9.23 Å². The maximum Gasteiger partial charge on any atom is 0.119 e. The second-order valence-electron chi connectivity index (χ2n) is 3.65. The number of benzene rings is 1. The molecule has 0 aliphatic carbocycles. The van der Waals surface area contributed by atoms with Gasteiger partial charge >= 0.3 is 0 Å². The monoisotopic (exact) mass is 210 g/mol. The van der Waals surface area contributed by atoms with Gasteiger partial charge in [-0.05, 0) is 35.8 Å². The highest BCUT2D eigenvalue weighted by molar-refractivity contribution is 7.80. The number of hydrogen-bond donors (Lipinski definition) is 1. The summed E-state index contributed by atoms with van der Waals surface area (Å²) in [5, 5.41) is 0. The Morgan fingerprint density at radius 2 is 2.14 bits per heavy atom. The smallest absolute Gasteiger partial charge is 0.119 e. The van der Waals surface area contributed by atoms with Crippen LogP contribution in [0.1, 0.15) is 31.7 Å². The van der Waals surface area contributed by atoms with E-state index < -0.39 is 0 Å². The molecular formula is C12H18OS. The van der Waals surface area contributed by atoms with Gasteiger partial charge in [0.05, 0.1) is 6.61 Å². The number of hydrogen-bond acceptors (Lipinski definition) is 2. The number of ether oxygens (including phenoxy) is 1. The second-order valence-corrected chi connectivity index (χ2v) is 4.10. The van der Waals surface area contributed by atoms with Crippen molar-refractivity contribution >= 4 is 12.6 Å². The molecule has 1 aromatic rings. The van der Waals surface area contributed by atoms with Crippen LogP contribution in [0.25, 0.3) is 0 Å². The Morgan fingerprint density at radius 1 is 1.36 bits per heavy atom. The van der Waals surface area contributed by atoms with Gasteiger partial charge in [0.2, 0.25) is 0 Å². The molecule has 0 spiro atoms. The summed E-state index contributed by atoms with van der Waals surface area (Å²) in [6.45, 7) is 5.13. The van der Waals surface area contributed by atoms with Crippen molar-refractivity contribution in [2.75, 3.05) is 12.4 Å². The third-order valence-electron chi connectivity index (χ3n) is 2.10. The van der Waals surface area contributed by atoms with E-state index in [0.29, 0.717) is 5.92 Å². The summed E-state index contributed by atoms with van der Waals surface area (Å²) in [4.78, 5) is 0. The quantitative estimate of drug-likeness (QED) is 0.578. The fraction of sp³-hybridized carbons (Fsp3) is 0.500. The van der Waals surface area contributed by atoms with Gasteiger partial charge in [0, 0.05) is 0 Å². The van der Waals surface area contributed by atoms with Gasteiger partial charge < -0.3 is 4.74 Å². The standard InChI is InChI=1S/C12H18OS/c1-10(2)11-5-3-6-12(9-11)13-7-4-8-14/h3,5-6,9-10,14H,4,7-8H2,1-2H3. The van der Waals surface area contributed by atoms with Crippen LogP contribution in [0.3, 0.4) is 0 Å². The van der Waals surface area contributed by atoms with Crippen LogP contribution in [0.5, 0.6) is 5.75 Å². The van der Waals surface area contributed by atoms with E-state index in [2.05, 4.69) is 38.6 Å². The fourth-order valence-corrected chi connectivity index (χ4v) is 1.35. The molecule has 0 aliphatic rings. The van der Waals surface area contributed by atoms with E-state index in [0.717, 1.165) is 24.5 Å². The molecule has 78 valence electrons. The van der Waals surface area contributed by atoms with Gasteiger partial charge in [0.1, 0.15) is 5.75 Å². The Labute approximate surface area is 91.9 Å². The Morgan fingerprint density at radius 3 is 2.79 bits per heavy atom. The molecule has 0 heterocycles. The van der Waals surface area contributed by atoms with E-state index in [9.17, 15) is 0 Å². The van der Waals surface area contributed by atoms with Crippen molar-refractivity contribution in [1.29, 1.82) is 0 Å². The Kier molecular flexibility index (Phi) is 4.88. The first-order valence-electron chi connectivity index (χ1n) is 5.07. The lowest BCUT2D eigenvalue weighted by atomic mass is 10.0. The lowest BCUT2D eigenvalue weighted by molar-refractivity contribution is 0.318. The molecule has 0 bridgehead atoms. The van der Waals surface area contributed by atoms with Crippen LogP contribution >= 0.6 is 12.6 Å². The van der Waals surface area contributed by atoms with Crippen molar-refractivity contribution in [1.82, 2.24) is 0 Å². The lowest BCUT2D eigenvalue weighted by Crippen LogP contribution is -1.98. The highest BCUT2D eigenvalue weighted by atomic mass is 32.1. The van der Waals surface area contributed by atoms with Crippen molar-refractivity contribution in [2.24, 2.45) is 0 Å². The van der Waals surface area contributed by atoms with Crippen molar-refractivity contribution in [3.8, 4) is 5.75 Å². The maximum absolute atomic E-state index is 5.59. The molecule has 0 saturated heterocycles. The van der Waals surface area contributed by atoms with Crippen LogP contribution in [-0.2, 0) is 0 Å². The van der Waals surface area contributed by atoms with E-state index >= 15 is 0 Å². The predicted molar refractivity (Wildman–Crippen MR) is 64.5 cm³/mol. The van der Waals surface area contributed by atoms with E-state index in [1.807, 2.05) is 12.1 Å². The minimum Gasteiger partial charge on any atom is -0.494 e. The molecule has 1 nitrogen and oxygen atoms in total.